The summed E-state index contributed by atoms with van der Waals surface area (Å²) in [6, 6.07) is 9.56. The van der Waals surface area contributed by atoms with Gasteiger partial charge in [0.05, 0.1) is 25.7 Å². The number of hydrogen-bond acceptors (Lipinski definition) is 3. The van der Waals surface area contributed by atoms with Gasteiger partial charge >= 0.3 is 5.97 Å². The molecule has 0 bridgehead atoms. The van der Waals surface area contributed by atoms with Crippen molar-refractivity contribution in [3.05, 3.63) is 35.9 Å². The number of likely N-dealkylation sites (N-methyl/N-ethyl adjacent to an activating group) is 1. The molecule has 0 aliphatic heterocycles. The Morgan fingerprint density at radius 2 is 1.90 bits per heavy atom. The van der Waals surface area contributed by atoms with Crippen LogP contribution in [-0.2, 0) is 9.59 Å². The van der Waals surface area contributed by atoms with Gasteiger partial charge in [-0.2, -0.15) is 0 Å². The van der Waals surface area contributed by atoms with E-state index >= 15 is 0 Å². The van der Waals surface area contributed by atoms with Gasteiger partial charge in [-0.15, -0.1) is 6.42 Å². The molecular weight excluding hydrogens is 268 g/mol. The molecule has 1 atom stereocenters. The Balaban J connectivity index is 2.68. The van der Waals surface area contributed by atoms with Crippen molar-refractivity contribution in [1.29, 1.82) is 0 Å². The van der Waals surface area contributed by atoms with Crippen LogP contribution in [0.3, 0.4) is 0 Å². The minimum Gasteiger partial charge on any atom is -0.480 e. The van der Waals surface area contributed by atoms with Gasteiger partial charge in [0.1, 0.15) is 0 Å². The molecule has 0 saturated carbocycles. The van der Waals surface area contributed by atoms with Gasteiger partial charge in [0.25, 0.3) is 0 Å². The smallest absolute Gasteiger partial charge is 0.317 e. The van der Waals surface area contributed by atoms with E-state index in [0.717, 1.165) is 5.56 Å². The number of carboxylic acid groups (broad SMARTS) is 1. The van der Waals surface area contributed by atoms with Gasteiger partial charge in [0.2, 0.25) is 5.91 Å². The maximum atomic E-state index is 12.2. The Kier molecular flexibility index (Phi) is 6.44. The zero-order valence-electron chi connectivity index (χ0n) is 12.3. The van der Waals surface area contributed by atoms with Crippen molar-refractivity contribution in [1.82, 2.24) is 9.80 Å². The van der Waals surface area contributed by atoms with E-state index in [9.17, 15) is 9.59 Å². The summed E-state index contributed by atoms with van der Waals surface area (Å²) in [4.78, 5) is 26.0. The second kappa shape index (κ2) is 8.08. The lowest BCUT2D eigenvalue weighted by molar-refractivity contribution is -0.139. The second-order valence-corrected chi connectivity index (χ2v) is 4.83. The summed E-state index contributed by atoms with van der Waals surface area (Å²) in [6.07, 6.45) is 5.20. The zero-order valence-corrected chi connectivity index (χ0v) is 12.3. The molecular formula is C16H20N2O3. The fraction of sp³-hybridized carbons (Fsp3) is 0.375. The number of carbonyl (C=O) groups is 2. The maximum absolute atomic E-state index is 12.2. The first kappa shape index (κ1) is 16.7. The van der Waals surface area contributed by atoms with Crippen LogP contribution in [0.1, 0.15) is 18.5 Å². The Morgan fingerprint density at radius 3 is 2.43 bits per heavy atom. The van der Waals surface area contributed by atoms with Gasteiger partial charge in [-0.05, 0) is 12.5 Å². The SMILES string of the molecule is C#CCN(CC(=O)O)CC(=O)N(C)C(C)c1ccccc1. The molecule has 1 aromatic rings. The van der Waals surface area contributed by atoms with Crippen molar-refractivity contribution < 1.29 is 14.7 Å². The van der Waals surface area contributed by atoms with Crippen LogP contribution in [0.5, 0.6) is 0 Å². The fourth-order valence-corrected chi connectivity index (χ4v) is 1.96. The van der Waals surface area contributed by atoms with Crippen LogP contribution in [0.2, 0.25) is 0 Å². The normalized spacial score (nSPS) is 11.7. The number of carboxylic acids is 1. The predicted molar refractivity (Wildman–Crippen MR) is 80.5 cm³/mol. The monoisotopic (exact) mass is 288 g/mol. The summed E-state index contributed by atoms with van der Waals surface area (Å²) in [5, 5.41) is 8.81. The second-order valence-electron chi connectivity index (χ2n) is 4.83. The molecule has 112 valence electrons. The van der Waals surface area contributed by atoms with Crippen LogP contribution in [-0.4, -0.2) is 53.5 Å². The Morgan fingerprint density at radius 1 is 1.29 bits per heavy atom. The van der Waals surface area contributed by atoms with Gasteiger partial charge in [-0.25, -0.2) is 0 Å². The lowest BCUT2D eigenvalue weighted by Crippen LogP contribution is -2.41. The summed E-state index contributed by atoms with van der Waals surface area (Å²) < 4.78 is 0. The van der Waals surface area contributed by atoms with E-state index in [1.165, 1.54) is 4.90 Å². The highest BCUT2D eigenvalue weighted by molar-refractivity contribution is 5.79. The van der Waals surface area contributed by atoms with Crippen molar-refractivity contribution in [2.45, 2.75) is 13.0 Å². The third-order valence-corrected chi connectivity index (χ3v) is 3.29. The molecule has 0 aliphatic carbocycles. The summed E-state index contributed by atoms with van der Waals surface area (Å²) in [5.74, 6) is 1.20. The van der Waals surface area contributed by atoms with E-state index in [2.05, 4.69) is 5.92 Å². The van der Waals surface area contributed by atoms with Crippen LogP contribution < -0.4 is 0 Å². The Hall–Kier alpha value is -2.32. The largest absolute Gasteiger partial charge is 0.480 e. The molecule has 1 amide bonds. The number of amides is 1. The molecule has 0 aliphatic rings. The molecule has 1 unspecified atom stereocenters. The summed E-state index contributed by atoms with van der Waals surface area (Å²) in [7, 11) is 1.70. The number of nitrogens with zero attached hydrogens (tertiary/aromatic N) is 2. The lowest BCUT2D eigenvalue weighted by Gasteiger charge is -2.27. The molecule has 0 spiro atoms. The van der Waals surface area contributed by atoms with E-state index in [4.69, 9.17) is 11.5 Å². The quantitative estimate of drug-likeness (QED) is 0.767. The van der Waals surface area contributed by atoms with Crippen LogP contribution in [0, 0.1) is 12.3 Å². The lowest BCUT2D eigenvalue weighted by atomic mass is 10.1. The molecule has 0 heterocycles. The van der Waals surface area contributed by atoms with Gasteiger partial charge in [0, 0.05) is 7.05 Å². The highest BCUT2D eigenvalue weighted by Crippen LogP contribution is 2.18. The van der Waals surface area contributed by atoms with Crippen molar-refractivity contribution in [2.24, 2.45) is 0 Å². The molecule has 1 rings (SSSR count). The van der Waals surface area contributed by atoms with Crippen LogP contribution in [0.15, 0.2) is 30.3 Å². The zero-order chi connectivity index (χ0) is 15.8. The first-order valence-electron chi connectivity index (χ1n) is 6.64. The Labute approximate surface area is 125 Å². The third-order valence-electron chi connectivity index (χ3n) is 3.29. The molecule has 0 fully saturated rings. The number of carbonyl (C=O) groups excluding carboxylic acids is 1. The molecule has 0 aromatic heterocycles. The predicted octanol–water partition coefficient (Wildman–Crippen LogP) is 1.23. The molecule has 1 aromatic carbocycles. The topological polar surface area (TPSA) is 60.9 Å². The van der Waals surface area contributed by atoms with Crippen molar-refractivity contribution in [3.63, 3.8) is 0 Å². The highest BCUT2D eigenvalue weighted by Gasteiger charge is 2.20. The van der Waals surface area contributed by atoms with Crippen molar-refractivity contribution >= 4 is 11.9 Å². The van der Waals surface area contributed by atoms with E-state index in [0.29, 0.717) is 0 Å². The van der Waals surface area contributed by atoms with Crippen LogP contribution in [0.4, 0.5) is 0 Å². The molecule has 5 heteroatoms. The Bertz CT molecular complexity index is 522. The molecule has 5 nitrogen and oxygen atoms in total. The molecule has 0 radical (unpaired) electrons. The van der Waals surface area contributed by atoms with Gasteiger partial charge in [-0.3, -0.25) is 14.5 Å². The number of terminal acetylenes is 1. The molecule has 1 N–H and O–H groups in total. The molecule has 0 saturated heterocycles. The number of benzene rings is 1. The van der Waals surface area contributed by atoms with Gasteiger partial charge in [0.15, 0.2) is 0 Å². The van der Waals surface area contributed by atoms with Crippen LogP contribution in [0.25, 0.3) is 0 Å². The number of aliphatic carboxylic acids is 1. The fourth-order valence-electron chi connectivity index (χ4n) is 1.96. The minimum atomic E-state index is -1.00. The number of hydrogen-bond donors (Lipinski definition) is 1. The summed E-state index contributed by atoms with van der Waals surface area (Å²) >= 11 is 0. The first-order valence-corrected chi connectivity index (χ1v) is 6.64. The molecule has 21 heavy (non-hydrogen) atoms. The van der Waals surface area contributed by atoms with E-state index < -0.39 is 5.97 Å². The maximum Gasteiger partial charge on any atom is 0.317 e. The average Bonchev–Trinajstić information content (AvgIpc) is 2.46. The highest BCUT2D eigenvalue weighted by atomic mass is 16.4. The van der Waals surface area contributed by atoms with Gasteiger partial charge < -0.3 is 10.0 Å². The number of rotatable bonds is 7. The van der Waals surface area contributed by atoms with E-state index in [1.54, 1.807) is 11.9 Å². The third kappa shape index (κ3) is 5.28. The van der Waals surface area contributed by atoms with Gasteiger partial charge in [-0.1, -0.05) is 36.3 Å². The summed E-state index contributed by atoms with van der Waals surface area (Å²) in [5.41, 5.74) is 1.02. The van der Waals surface area contributed by atoms with Crippen molar-refractivity contribution in [2.75, 3.05) is 26.7 Å². The van der Waals surface area contributed by atoms with Crippen LogP contribution >= 0.6 is 0 Å². The van der Waals surface area contributed by atoms with Crippen molar-refractivity contribution in [3.8, 4) is 12.3 Å². The first-order chi connectivity index (χ1) is 9.95. The average molecular weight is 288 g/mol. The standard InChI is InChI=1S/C16H20N2O3/c1-4-10-18(12-16(20)21)11-15(19)17(3)13(2)14-8-6-5-7-9-14/h1,5-9,13H,10-12H2,2-3H3,(H,20,21). The summed E-state index contributed by atoms with van der Waals surface area (Å²) in [6.45, 7) is 1.80. The van der Waals surface area contributed by atoms with E-state index in [-0.39, 0.29) is 31.6 Å². The minimum absolute atomic E-state index is 0.00975. The van der Waals surface area contributed by atoms with E-state index in [1.807, 2.05) is 37.3 Å².